The van der Waals surface area contributed by atoms with Gasteiger partial charge in [-0.2, -0.15) is 0 Å². The first-order chi connectivity index (χ1) is 8.29. The molecule has 0 spiro atoms. The Hall–Kier alpha value is -1.63. The molecule has 0 rings (SSSR count). The van der Waals surface area contributed by atoms with Crippen LogP contribution < -0.4 is 11.1 Å². The van der Waals surface area contributed by atoms with Crippen LogP contribution in [0.15, 0.2) is 0 Å². The first-order valence-corrected chi connectivity index (χ1v) is 5.77. The van der Waals surface area contributed by atoms with Crippen LogP contribution in [0.1, 0.15) is 33.1 Å². The van der Waals surface area contributed by atoms with Crippen LogP contribution >= 0.6 is 0 Å². The number of rotatable bonds is 8. The summed E-state index contributed by atoms with van der Waals surface area (Å²) in [5.41, 5.74) is 4.34. The van der Waals surface area contributed by atoms with Crippen molar-refractivity contribution >= 4 is 17.8 Å². The van der Waals surface area contributed by atoms with Gasteiger partial charge in [0.2, 0.25) is 5.91 Å². The summed E-state index contributed by atoms with van der Waals surface area (Å²) in [5, 5.41) is 20.0. The monoisotopic (exact) mass is 260 g/mol. The molecule has 0 aliphatic heterocycles. The number of carboxylic acid groups (broad SMARTS) is 2. The molecule has 1 atom stereocenters. The molecule has 0 aliphatic rings. The highest BCUT2D eigenvalue weighted by atomic mass is 16.4. The molecule has 0 heterocycles. The van der Waals surface area contributed by atoms with E-state index in [1.54, 1.807) is 13.8 Å². The summed E-state index contributed by atoms with van der Waals surface area (Å²) in [4.78, 5) is 33.0. The summed E-state index contributed by atoms with van der Waals surface area (Å²) in [6, 6.07) is -1.16. The van der Waals surface area contributed by atoms with Gasteiger partial charge in [0.25, 0.3) is 0 Å². The molecule has 104 valence electrons. The predicted molar refractivity (Wildman–Crippen MR) is 63.9 cm³/mol. The standard InChI is InChI=1S/C11H20N2O5/c1-3-11(4-2,10(17)18)6-13-9(16)7(12)5-8(14)15/h7H,3-6,12H2,1-2H3,(H,13,16)(H,14,15)(H,17,18). The lowest BCUT2D eigenvalue weighted by Crippen LogP contribution is -2.48. The maximum Gasteiger partial charge on any atom is 0.311 e. The van der Waals surface area contributed by atoms with Gasteiger partial charge >= 0.3 is 11.9 Å². The summed E-state index contributed by atoms with van der Waals surface area (Å²) >= 11 is 0. The van der Waals surface area contributed by atoms with Crippen LogP contribution in [0.2, 0.25) is 0 Å². The number of carboxylic acids is 2. The zero-order valence-corrected chi connectivity index (χ0v) is 10.6. The average molecular weight is 260 g/mol. The van der Waals surface area contributed by atoms with Gasteiger partial charge in [-0.3, -0.25) is 14.4 Å². The second-order valence-corrected chi connectivity index (χ2v) is 4.21. The zero-order chi connectivity index (χ0) is 14.3. The van der Waals surface area contributed by atoms with Gasteiger partial charge in [-0.05, 0) is 12.8 Å². The molecule has 0 fully saturated rings. The number of nitrogens with one attached hydrogen (secondary N) is 1. The fraction of sp³-hybridized carbons (Fsp3) is 0.727. The Kier molecular flexibility index (Phi) is 6.32. The molecule has 0 aromatic carbocycles. The van der Waals surface area contributed by atoms with Gasteiger partial charge in [0.15, 0.2) is 0 Å². The fourth-order valence-electron chi connectivity index (χ4n) is 1.55. The number of nitrogens with two attached hydrogens (primary N) is 1. The van der Waals surface area contributed by atoms with Crippen LogP contribution in [-0.2, 0) is 14.4 Å². The molecule has 0 saturated carbocycles. The SMILES string of the molecule is CCC(CC)(CNC(=O)C(N)CC(=O)O)C(=O)O. The van der Waals surface area contributed by atoms with Crippen molar-refractivity contribution in [2.75, 3.05) is 6.54 Å². The van der Waals surface area contributed by atoms with Crippen LogP contribution in [-0.4, -0.2) is 40.6 Å². The van der Waals surface area contributed by atoms with Crippen LogP contribution in [0.3, 0.4) is 0 Å². The second kappa shape index (κ2) is 6.95. The van der Waals surface area contributed by atoms with E-state index in [1.807, 2.05) is 0 Å². The third kappa shape index (κ3) is 4.33. The summed E-state index contributed by atoms with van der Waals surface area (Å²) in [6.45, 7) is 3.39. The van der Waals surface area contributed by atoms with Crippen molar-refractivity contribution < 1.29 is 24.6 Å². The number of hydrogen-bond donors (Lipinski definition) is 4. The highest BCUT2D eigenvalue weighted by molar-refractivity contribution is 5.86. The van der Waals surface area contributed by atoms with Crippen LogP contribution in [0, 0.1) is 5.41 Å². The maximum absolute atomic E-state index is 11.5. The molecule has 0 aliphatic carbocycles. The number of aliphatic carboxylic acids is 2. The van der Waals surface area contributed by atoms with Gasteiger partial charge in [0, 0.05) is 6.54 Å². The highest BCUT2D eigenvalue weighted by Gasteiger charge is 2.35. The Morgan fingerprint density at radius 1 is 1.22 bits per heavy atom. The van der Waals surface area contributed by atoms with Gasteiger partial charge in [0.05, 0.1) is 17.9 Å². The first-order valence-electron chi connectivity index (χ1n) is 5.77. The van der Waals surface area contributed by atoms with Crippen molar-refractivity contribution in [1.29, 1.82) is 0 Å². The molecule has 1 amide bonds. The topological polar surface area (TPSA) is 130 Å². The van der Waals surface area contributed by atoms with Crippen molar-refractivity contribution in [1.82, 2.24) is 5.32 Å². The minimum Gasteiger partial charge on any atom is -0.481 e. The molecule has 1 unspecified atom stereocenters. The Morgan fingerprint density at radius 3 is 2.06 bits per heavy atom. The minimum absolute atomic E-state index is 0.0541. The smallest absolute Gasteiger partial charge is 0.311 e. The lowest BCUT2D eigenvalue weighted by Gasteiger charge is -2.27. The number of carbonyl (C=O) groups excluding carboxylic acids is 1. The average Bonchev–Trinajstić information content (AvgIpc) is 2.29. The lowest BCUT2D eigenvalue weighted by atomic mass is 9.82. The van der Waals surface area contributed by atoms with Gasteiger partial charge in [-0.15, -0.1) is 0 Å². The molecule has 0 bridgehead atoms. The Bertz CT molecular complexity index is 325. The highest BCUT2D eigenvalue weighted by Crippen LogP contribution is 2.25. The van der Waals surface area contributed by atoms with Crippen molar-refractivity contribution in [3.8, 4) is 0 Å². The molecule has 7 nitrogen and oxygen atoms in total. The number of carbonyl (C=O) groups is 3. The first kappa shape index (κ1) is 16.4. The van der Waals surface area contributed by atoms with E-state index in [9.17, 15) is 14.4 Å². The van der Waals surface area contributed by atoms with E-state index in [1.165, 1.54) is 0 Å². The number of amides is 1. The maximum atomic E-state index is 11.5. The summed E-state index contributed by atoms with van der Waals surface area (Å²) in [6.07, 6.45) is 0.255. The molecule has 0 radical (unpaired) electrons. The molecule has 0 saturated heterocycles. The Labute approximate surface area is 105 Å². The Balaban J connectivity index is 4.49. The molecule has 0 aromatic heterocycles. The van der Waals surface area contributed by atoms with Crippen LogP contribution in [0.25, 0.3) is 0 Å². The Morgan fingerprint density at radius 2 is 1.72 bits per heavy atom. The van der Waals surface area contributed by atoms with E-state index in [2.05, 4.69) is 5.32 Å². The second-order valence-electron chi connectivity index (χ2n) is 4.21. The largest absolute Gasteiger partial charge is 0.481 e. The fourth-order valence-corrected chi connectivity index (χ4v) is 1.55. The van der Waals surface area contributed by atoms with Crippen molar-refractivity contribution in [2.45, 2.75) is 39.2 Å². The summed E-state index contributed by atoms with van der Waals surface area (Å²) in [7, 11) is 0. The molecule has 7 heteroatoms. The molecular formula is C11H20N2O5. The molecule has 5 N–H and O–H groups in total. The molecular weight excluding hydrogens is 240 g/mol. The van der Waals surface area contributed by atoms with Crippen LogP contribution in [0.4, 0.5) is 0 Å². The van der Waals surface area contributed by atoms with Gasteiger partial charge < -0.3 is 21.3 Å². The summed E-state index contributed by atoms with van der Waals surface area (Å²) < 4.78 is 0. The van der Waals surface area contributed by atoms with E-state index in [4.69, 9.17) is 15.9 Å². The quantitative estimate of drug-likeness (QED) is 0.478. The van der Waals surface area contributed by atoms with E-state index < -0.39 is 35.7 Å². The number of hydrogen-bond acceptors (Lipinski definition) is 4. The third-order valence-electron chi connectivity index (χ3n) is 3.14. The normalized spacial score (nSPS) is 12.8. The molecule has 18 heavy (non-hydrogen) atoms. The predicted octanol–water partition coefficient (Wildman–Crippen LogP) is -0.204. The third-order valence-corrected chi connectivity index (χ3v) is 3.14. The van der Waals surface area contributed by atoms with Crippen molar-refractivity contribution in [3.05, 3.63) is 0 Å². The lowest BCUT2D eigenvalue weighted by molar-refractivity contribution is -0.149. The van der Waals surface area contributed by atoms with Crippen LogP contribution in [0.5, 0.6) is 0 Å². The van der Waals surface area contributed by atoms with E-state index in [-0.39, 0.29) is 6.54 Å². The zero-order valence-electron chi connectivity index (χ0n) is 10.6. The summed E-state index contributed by atoms with van der Waals surface area (Å²) in [5.74, 6) is -2.81. The molecule has 0 aromatic rings. The van der Waals surface area contributed by atoms with Crippen molar-refractivity contribution in [3.63, 3.8) is 0 Å². The van der Waals surface area contributed by atoms with E-state index in [0.29, 0.717) is 12.8 Å². The van der Waals surface area contributed by atoms with Crippen molar-refractivity contribution in [2.24, 2.45) is 11.1 Å². The van der Waals surface area contributed by atoms with Gasteiger partial charge in [-0.25, -0.2) is 0 Å². The van der Waals surface area contributed by atoms with Gasteiger partial charge in [0.1, 0.15) is 0 Å². The van der Waals surface area contributed by atoms with E-state index in [0.717, 1.165) is 0 Å². The van der Waals surface area contributed by atoms with E-state index >= 15 is 0 Å². The minimum atomic E-state index is -1.17. The van der Waals surface area contributed by atoms with Gasteiger partial charge in [-0.1, -0.05) is 13.8 Å².